The van der Waals surface area contributed by atoms with Crippen LogP contribution >= 0.6 is 0 Å². The molecule has 2 heteroatoms. The highest BCUT2D eigenvalue weighted by atomic mass is 15.1. The molecule has 0 saturated carbocycles. The quantitative estimate of drug-likeness (QED) is 0.621. The van der Waals surface area contributed by atoms with Gasteiger partial charge in [0.1, 0.15) is 0 Å². The van der Waals surface area contributed by atoms with Gasteiger partial charge in [0.2, 0.25) is 0 Å². The Kier molecular flexibility index (Phi) is 2.37. The van der Waals surface area contributed by atoms with Crippen molar-refractivity contribution in [2.24, 2.45) is 0 Å². The smallest absolute Gasteiger partial charge is 0.0659 e. The second-order valence-electron chi connectivity index (χ2n) is 2.46. The molecule has 0 fully saturated rings. The van der Waals surface area contributed by atoms with E-state index < -0.39 is 0 Å². The Morgan fingerprint density at radius 3 is 2.90 bits per heavy atom. The standard InChI is InChI=1S/C8H12N2/c1-3-7(2)8-5-4-6-9-10-8/h4-7H,3H2,1-2H3/t7-/m1/s1. The summed E-state index contributed by atoms with van der Waals surface area (Å²) in [4.78, 5) is 0. The van der Waals surface area contributed by atoms with Crippen molar-refractivity contribution in [2.75, 3.05) is 0 Å². The topological polar surface area (TPSA) is 25.8 Å². The van der Waals surface area contributed by atoms with E-state index in [4.69, 9.17) is 0 Å². The van der Waals surface area contributed by atoms with E-state index in [1.807, 2.05) is 12.1 Å². The monoisotopic (exact) mass is 136 g/mol. The predicted molar refractivity (Wildman–Crippen MR) is 40.7 cm³/mol. The molecule has 54 valence electrons. The Morgan fingerprint density at radius 1 is 1.60 bits per heavy atom. The van der Waals surface area contributed by atoms with E-state index in [1.165, 1.54) is 0 Å². The van der Waals surface area contributed by atoms with Crippen molar-refractivity contribution < 1.29 is 0 Å². The van der Waals surface area contributed by atoms with Crippen molar-refractivity contribution in [3.05, 3.63) is 24.0 Å². The first kappa shape index (κ1) is 7.19. The third kappa shape index (κ3) is 1.53. The highest BCUT2D eigenvalue weighted by Gasteiger charge is 2.01. The maximum atomic E-state index is 4.00. The van der Waals surface area contributed by atoms with Gasteiger partial charge in [0, 0.05) is 6.20 Å². The molecule has 1 aromatic heterocycles. The van der Waals surface area contributed by atoms with Gasteiger partial charge >= 0.3 is 0 Å². The normalized spacial score (nSPS) is 13.0. The van der Waals surface area contributed by atoms with Gasteiger partial charge < -0.3 is 0 Å². The molecule has 10 heavy (non-hydrogen) atoms. The van der Waals surface area contributed by atoms with Crippen LogP contribution in [0.1, 0.15) is 31.9 Å². The molecule has 0 aliphatic rings. The summed E-state index contributed by atoms with van der Waals surface area (Å²) >= 11 is 0. The highest BCUT2D eigenvalue weighted by molar-refractivity contribution is 5.04. The van der Waals surface area contributed by atoms with E-state index in [-0.39, 0.29) is 0 Å². The van der Waals surface area contributed by atoms with E-state index in [2.05, 4.69) is 24.0 Å². The summed E-state index contributed by atoms with van der Waals surface area (Å²) < 4.78 is 0. The molecule has 0 unspecified atom stereocenters. The van der Waals surface area contributed by atoms with Crippen molar-refractivity contribution in [2.45, 2.75) is 26.2 Å². The van der Waals surface area contributed by atoms with Crippen LogP contribution in [0.4, 0.5) is 0 Å². The van der Waals surface area contributed by atoms with Crippen molar-refractivity contribution >= 4 is 0 Å². The Bertz CT molecular complexity index is 184. The molecule has 0 amide bonds. The second kappa shape index (κ2) is 3.30. The molecule has 1 aromatic rings. The number of aromatic nitrogens is 2. The second-order valence-corrected chi connectivity index (χ2v) is 2.46. The summed E-state index contributed by atoms with van der Waals surface area (Å²) in [5.74, 6) is 0.536. The summed E-state index contributed by atoms with van der Waals surface area (Å²) in [5.41, 5.74) is 1.09. The molecule has 0 aliphatic carbocycles. The van der Waals surface area contributed by atoms with E-state index in [9.17, 15) is 0 Å². The molecule has 1 heterocycles. The molecule has 0 N–H and O–H groups in total. The number of rotatable bonds is 2. The molecule has 2 nitrogen and oxygen atoms in total. The largest absolute Gasteiger partial charge is 0.159 e. The SMILES string of the molecule is CC[C@@H](C)c1cccnn1. The van der Waals surface area contributed by atoms with Gasteiger partial charge in [0.05, 0.1) is 5.69 Å². The molecule has 0 aromatic carbocycles. The lowest BCUT2D eigenvalue weighted by Gasteiger charge is -2.04. The first-order valence-corrected chi connectivity index (χ1v) is 3.62. The van der Waals surface area contributed by atoms with Crippen LogP contribution in [0.15, 0.2) is 18.3 Å². The predicted octanol–water partition coefficient (Wildman–Crippen LogP) is 1.99. The minimum Gasteiger partial charge on any atom is -0.159 e. The zero-order chi connectivity index (χ0) is 7.40. The lowest BCUT2D eigenvalue weighted by molar-refractivity contribution is 0.690. The average molecular weight is 136 g/mol. The molecular formula is C8H12N2. The van der Waals surface area contributed by atoms with Crippen molar-refractivity contribution in [3.8, 4) is 0 Å². The average Bonchev–Trinajstić information content (AvgIpc) is 2.05. The maximum absolute atomic E-state index is 4.00. The maximum Gasteiger partial charge on any atom is 0.0659 e. The van der Waals surface area contributed by atoms with Crippen LogP contribution < -0.4 is 0 Å². The van der Waals surface area contributed by atoms with Gasteiger partial charge in [-0.15, -0.1) is 0 Å². The zero-order valence-electron chi connectivity index (χ0n) is 6.41. The molecule has 0 saturated heterocycles. The minimum absolute atomic E-state index is 0.536. The van der Waals surface area contributed by atoms with E-state index in [1.54, 1.807) is 6.20 Å². The Labute approximate surface area is 61.3 Å². The van der Waals surface area contributed by atoms with Crippen LogP contribution in [0.3, 0.4) is 0 Å². The van der Waals surface area contributed by atoms with Crippen LogP contribution in [0.25, 0.3) is 0 Å². The Balaban J connectivity index is 2.75. The molecule has 0 spiro atoms. The highest BCUT2D eigenvalue weighted by Crippen LogP contribution is 2.13. The van der Waals surface area contributed by atoms with Crippen LogP contribution in [0, 0.1) is 0 Å². The van der Waals surface area contributed by atoms with Crippen LogP contribution in [0.2, 0.25) is 0 Å². The van der Waals surface area contributed by atoms with E-state index in [0.717, 1.165) is 12.1 Å². The first-order valence-electron chi connectivity index (χ1n) is 3.62. The lowest BCUT2D eigenvalue weighted by Crippen LogP contribution is -1.95. The van der Waals surface area contributed by atoms with E-state index in [0.29, 0.717) is 5.92 Å². The third-order valence-corrected chi connectivity index (χ3v) is 1.71. The first-order chi connectivity index (χ1) is 4.84. The summed E-state index contributed by atoms with van der Waals surface area (Å²) in [6.07, 6.45) is 2.82. The molecule has 1 atom stereocenters. The van der Waals surface area contributed by atoms with Gasteiger partial charge in [0.25, 0.3) is 0 Å². The number of hydrogen-bond donors (Lipinski definition) is 0. The van der Waals surface area contributed by atoms with Crippen molar-refractivity contribution in [1.82, 2.24) is 10.2 Å². The molecule has 0 bridgehead atoms. The van der Waals surface area contributed by atoms with Crippen LogP contribution in [0.5, 0.6) is 0 Å². The summed E-state index contributed by atoms with van der Waals surface area (Å²) in [6.45, 7) is 4.31. The zero-order valence-corrected chi connectivity index (χ0v) is 6.41. The van der Waals surface area contributed by atoms with Crippen LogP contribution in [-0.2, 0) is 0 Å². The number of nitrogens with zero attached hydrogens (tertiary/aromatic N) is 2. The summed E-state index contributed by atoms with van der Waals surface area (Å²) in [5, 5.41) is 7.80. The summed E-state index contributed by atoms with van der Waals surface area (Å²) in [6, 6.07) is 3.94. The fraction of sp³-hybridized carbons (Fsp3) is 0.500. The number of hydrogen-bond acceptors (Lipinski definition) is 2. The molecule has 0 aliphatic heterocycles. The Hall–Kier alpha value is -0.920. The summed E-state index contributed by atoms with van der Waals surface area (Å²) in [7, 11) is 0. The van der Waals surface area contributed by atoms with Gasteiger partial charge in [-0.1, -0.05) is 13.8 Å². The fourth-order valence-electron chi connectivity index (χ4n) is 0.785. The van der Waals surface area contributed by atoms with Gasteiger partial charge in [-0.2, -0.15) is 10.2 Å². The lowest BCUT2D eigenvalue weighted by atomic mass is 10.1. The van der Waals surface area contributed by atoms with Crippen molar-refractivity contribution in [1.29, 1.82) is 0 Å². The molecule has 1 rings (SSSR count). The van der Waals surface area contributed by atoms with Gasteiger partial charge in [-0.3, -0.25) is 0 Å². The van der Waals surface area contributed by atoms with Gasteiger partial charge in [-0.25, -0.2) is 0 Å². The van der Waals surface area contributed by atoms with Crippen LogP contribution in [-0.4, -0.2) is 10.2 Å². The fourth-order valence-corrected chi connectivity index (χ4v) is 0.785. The van der Waals surface area contributed by atoms with Crippen molar-refractivity contribution in [3.63, 3.8) is 0 Å². The molecule has 0 radical (unpaired) electrons. The molecular weight excluding hydrogens is 124 g/mol. The van der Waals surface area contributed by atoms with Gasteiger partial charge in [0.15, 0.2) is 0 Å². The minimum atomic E-state index is 0.536. The Morgan fingerprint density at radius 2 is 2.40 bits per heavy atom. The third-order valence-electron chi connectivity index (χ3n) is 1.71. The van der Waals surface area contributed by atoms with E-state index >= 15 is 0 Å². The van der Waals surface area contributed by atoms with Gasteiger partial charge in [-0.05, 0) is 24.5 Å².